The Kier molecular flexibility index (Phi) is 5.92. The number of rotatable bonds is 5. The van der Waals surface area contributed by atoms with Gasteiger partial charge in [-0.2, -0.15) is 0 Å². The zero-order valence-electron chi connectivity index (χ0n) is 16.8. The zero-order chi connectivity index (χ0) is 20.1. The summed E-state index contributed by atoms with van der Waals surface area (Å²) in [6, 6.07) is 10.2. The van der Waals surface area contributed by atoms with Gasteiger partial charge in [-0.25, -0.2) is 15.0 Å². The summed E-state index contributed by atoms with van der Waals surface area (Å²) in [5.74, 6) is 1.30. The maximum atomic E-state index is 6.35. The van der Waals surface area contributed by atoms with Gasteiger partial charge in [-0.3, -0.25) is 0 Å². The molecule has 1 saturated heterocycles. The van der Waals surface area contributed by atoms with E-state index in [1.807, 2.05) is 12.1 Å². The van der Waals surface area contributed by atoms with Gasteiger partial charge in [-0.15, -0.1) is 0 Å². The Labute approximate surface area is 171 Å². The van der Waals surface area contributed by atoms with Gasteiger partial charge in [0.25, 0.3) is 0 Å². The molecule has 0 bridgehead atoms. The number of hydrogen-bond acceptors (Lipinski definition) is 6. The first kappa shape index (κ1) is 19.6. The third-order valence-corrected chi connectivity index (χ3v) is 5.57. The normalized spacial score (nSPS) is 22.4. The fourth-order valence-corrected chi connectivity index (χ4v) is 4.04. The first-order chi connectivity index (χ1) is 14.2. The van der Waals surface area contributed by atoms with Crippen LogP contribution < -0.4 is 10.6 Å². The molecule has 2 aliphatic heterocycles. The Morgan fingerprint density at radius 2 is 1.93 bits per heavy atom. The van der Waals surface area contributed by atoms with Crippen molar-refractivity contribution in [1.82, 2.24) is 14.9 Å². The molecule has 29 heavy (non-hydrogen) atoms. The van der Waals surface area contributed by atoms with E-state index >= 15 is 0 Å². The highest BCUT2D eigenvalue weighted by Gasteiger charge is 2.38. The van der Waals surface area contributed by atoms with E-state index in [-0.39, 0.29) is 0 Å². The number of anilines is 1. The van der Waals surface area contributed by atoms with Crippen molar-refractivity contribution in [2.45, 2.75) is 12.0 Å². The van der Waals surface area contributed by atoms with Crippen molar-refractivity contribution in [3.63, 3.8) is 0 Å². The Hall–Kier alpha value is -2.71. The number of hydrogen-bond donors (Lipinski definition) is 1. The fourth-order valence-electron chi connectivity index (χ4n) is 4.04. The maximum absolute atomic E-state index is 6.35. The number of aliphatic imine (C=N–C) groups is 1. The van der Waals surface area contributed by atoms with Gasteiger partial charge in [-0.1, -0.05) is 24.3 Å². The molecule has 2 aliphatic rings. The van der Waals surface area contributed by atoms with Crippen LogP contribution in [0.4, 0.5) is 5.95 Å². The number of benzene rings is 1. The van der Waals surface area contributed by atoms with Crippen LogP contribution in [0.15, 0.2) is 47.7 Å². The lowest BCUT2D eigenvalue weighted by atomic mass is 9.86. The van der Waals surface area contributed by atoms with Crippen molar-refractivity contribution in [2.75, 3.05) is 57.9 Å². The number of ether oxygens (including phenoxy) is 2. The quantitative estimate of drug-likeness (QED) is 0.596. The monoisotopic (exact) mass is 396 g/mol. The van der Waals surface area contributed by atoms with Crippen molar-refractivity contribution < 1.29 is 9.47 Å². The van der Waals surface area contributed by atoms with E-state index in [1.54, 1.807) is 19.5 Å². The minimum Gasteiger partial charge on any atom is -0.381 e. The van der Waals surface area contributed by atoms with E-state index in [2.05, 4.69) is 38.0 Å². The summed E-state index contributed by atoms with van der Waals surface area (Å²) < 4.78 is 11.7. The Morgan fingerprint density at radius 1 is 1.17 bits per heavy atom. The molecule has 1 atom stereocenters. The number of piperazine rings is 1. The Balaban J connectivity index is 1.44. The van der Waals surface area contributed by atoms with Crippen molar-refractivity contribution in [1.29, 1.82) is 0 Å². The molecule has 154 valence electrons. The first-order valence-corrected chi connectivity index (χ1v) is 10.00. The standard InChI is InChI=1S/C21H28N6O2/c1-28-16-21(18-6-3-2-5-17(18)7-14-29-21)15-25-19(22)26-10-12-27(13-11-26)20-23-8-4-9-24-20/h2-6,8-9H,7,10-16H2,1H3,(H2,22,25). The van der Waals surface area contributed by atoms with E-state index in [4.69, 9.17) is 20.2 Å². The van der Waals surface area contributed by atoms with E-state index in [0.29, 0.717) is 25.7 Å². The molecule has 2 N–H and O–H groups in total. The molecule has 4 rings (SSSR count). The van der Waals surface area contributed by atoms with Crippen LogP contribution in [0.2, 0.25) is 0 Å². The molecule has 1 aromatic heterocycles. The molecule has 0 radical (unpaired) electrons. The van der Waals surface area contributed by atoms with E-state index in [9.17, 15) is 0 Å². The van der Waals surface area contributed by atoms with E-state index in [1.165, 1.54) is 5.56 Å². The first-order valence-electron chi connectivity index (χ1n) is 10.00. The van der Waals surface area contributed by atoms with Crippen LogP contribution >= 0.6 is 0 Å². The highest BCUT2D eigenvalue weighted by atomic mass is 16.5. The molecule has 0 amide bonds. The van der Waals surface area contributed by atoms with Gasteiger partial charge in [0, 0.05) is 45.7 Å². The molecule has 2 aromatic rings. The molecule has 1 unspecified atom stereocenters. The minimum atomic E-state index is -0.589. The van der Waals surface area contributed by atoms with Gasteiger partial charge in [-0.05, 0) is 23.6 Å². The van der Waals surface area contributed by atoms with Crippen LogP contribution in [0.25, 0.3) is 0 Å². The lowest BCUT2D eigenvalue weighted by Crippen LogP contribution is -2.52. The SMILES string of the molecule is COCC1(CN=C(N)N2CCN(c3ncccn3)CC2)OCCc2ccccc21. The highest BCUT2D eigenvalue weighted by molar-refractivity contribution is 5.78. The predicted molar refractivity (Wildman–Crippen MR) is 112 cm³/mol. The topological polar surface area (TPSA) is 89.1 Å². The highest BCUT2D eigenvalue weighted by Crippen LogP contribution is 2.34. The number of methoxy groups -OCH3 is 1. The summed E-state index contributed by atoms with van der Waals surface area (Å²) in [6.07, 6.45) is 4.44. The van der Waals surface area contributed by atoms with E-state index in [0.717, 1.165) is 44.1 Å². The molecular weight excluding hydrogens is 368 g/mol. The third kappa shape index (κ3) is 4.18. The summed E-state index contributed by atoms with van der Waals surface area (Å²) >= 11 is 0. The summed E-state index contributed by atoms with van der Waals surface area (Å²) in [5, 5.41) is 0. The van der Waals surface area contributed by atoms with Crippen molar-refractivity contribution in [2.24, 2.45) is 10.7 Å². The van der Waals surface area contributed by atoms with Gasteiger partial charge in [0.15, 0.2) is 5.96 Å². The molecule has 1 aromatic carbocycles. The van der Waals surface area contributed by atoms with Crippen molar-refractivity contribution >= 4 is 11.9 Å². The van der Waals surface area contributed by atoms with Gasteiger partial charge >= 0.3 is 0 Å². The minimum absolute atomic E-state index is 0.436. The number of nitrogens with two attached hydrogens (primary N) is 1. The van der Waals surface area contributed by atoms with Crippen molar-refractivity contribution in [3.05, 3.63) is 53.9 Å². The average Bonchev–Trinajstić information content (AvgIpc) is 2.79. The summed E-state index contributed by atoms with van der Waals surface area (Å²) in [7, 11) is 1.69. The largest absolute Gasteiger partial charge is 0.381 e. The molecule has 0 spiro atoms. The molecular formula is C21H28N6O2. The van der Waals surface area contributed by atoms with E-state index < -0.39 is 5.60 Å². The van der Waals surface area contributed by atoms with Crippen LogP contribution in [-0.4, -0.2) is 73.9 Å². The second kappa shape index (κ2) is 8.75. The van der Waals surface area contributed by atoms with Gasteiger partial charge < -0.3 is 25.0 Å². The molecule has 0 aliphatic carbocycles. The van der Waals surface area contributed by atoms with Gasteiger partial charge in [0.05, 0.1) is 19.8 Å². The van der Waals surface area contributed by atoms with Crippen LogP contribution in [0.1, 0.15) is 11.1 Å². The fraction of sp³-hybridized carbons (Fsp3) is 0.476. The van der Waals surface area contributed by atoms with Crippen LogP contribution in [0.3, 0.4) is 0 Å². The second-order valence-corrected chi connectivity index (χ2v) is 7.38. The van der Waals surface area contributed by atoms with Crippen LogP contribution in [0.5, 0.6) is 0 Å². The third-order valence-electron chi connectivity index (χ3n) is 5.57. The number of guanidine groups is 1. The summed E-state index contributed by atoms with van der Waals surface area (Å²) in [4.78, 5) is 17.6. The van der Waals surface area contributed by atoms with Gasteiger partial charge in [0.2, 0.25) is 5.95 Å². The number of fused-ring (bicyclic) bond motifs is 1. The number of aromatic nitrogens is 2. The lowest BCUT2D eigenvalue weighted by molar-refractivity contribution is -0.0960. The molecule has 8 nitrogen and oxygen atoms in total. The smallest absolute Gasteiger partial charge is 0.225 e. The summed E-state index contributed by atoms with van der Waals surface area (Å²) in [5.41, 5.74) is 8.21. The van der Waals surface area contributed by atoms with Crippen molar-refractivity contribution in [3.8, 4) is 0 Å². The predicted octanol–water partition coefficient (Wildman–Crippen LogP) is 1.03. The molecule has 0 saturated carbocycles. The Morgan fingerprint density at radius 3 is 2.69 bits per heavy atom. The van der Waals surface area contributed by atoms with Crippen LogP contribution in [-0.2, 0) is 21.5 Å². The maximum Gasteiger partial charge on any atom is 0.225 e. The average molecular weight is 396 g/mol. The van der Waals surface area contributed by atoms with Gasteiger partial charge in [0.1, 0.15) is 5.60 Å². The summed E-state index contributed by atoms with van der Waals surface area (Å²) in [6.45, 7) is 4.72. The lowest BCUT2D eigenvalue weighted by Gasteiger charge is -2.38. The molecule has 3 heterocycles. The number of nitrogens with zero attached hydrogens (tertiary/aromatic N) is 5. The zero-order valence-corrected chi connectivity index (χ0v) is 16.8. The molecule has 8 heteroatoms. The second-order valence-electron chi connectivity index (χ2n) is 7.38. The van der Waals surface area contributed by atoms with Crippen LogP contribution in [0, 0.1) is 0 Å². The molecule has 1 fully saturated rings. The Bertz CT molecular complexity index is 838.